The smallest absolute Gasteiger partial charge is 0.237 e. The summed E-state index contributed by atoms with van der Waals surface area (Å²) in [6.45, 7) is 2.05. The fourth-order valence-corrected chi connectivity index (χ4v) is 4.82. The number of carbonyl (C=O) groups excluding carboxylic acids is 1. The summed E-state index contributed by atoms with van der Waals surface area (Å²) in [6.07, 6.45) is 4.30. The minimum Gasteiger partial charge on any atom is -0.497 e. The Labute approximate surface area is 187 Å². The van der Waals surface area contributed by atoms with Gasteiger partial charge in [0.1, 0.15) is 11.5 Å². The van der Waals surface area contributed by atoms with Crippen LogP contribution in [0.5, 0.6) is 11.5 Å². The molecule has 5 nitrogen and oxygen atoms in total. The van der Waals surface area contributed by atoms with Crippen LogP contribution in [0.4, 0.5) is 0 Å². The van der Waals surface area contributed by atoms with Gasteiger partial charge in [-0.05, 0) is 61.6 Å². The Bertz CT molecular complexity index is 900. The van der Waals surface area contributed by atoms with Gasteiger partial charge in [0, 0.05) is 29.2 Å². The number of hydrogen-bond acceptors (Lipinski definition) is 4. The predicted molar refractivity (Wildman–Crippen MR) is 121 cm³/mol. The van der Waals surface area contributed by atoms with Crippen molar-refractivity contribution in [1.82, 2.24) is 9.80 Å². The van der Waals surface area contributed by atoms with Crippen LogP contribution < -0.4 is 9.47 Å². The molecule has 2 aromatic carbocycles. The van der Waals surface area contributed by atoms with Crippen molar-refractivity contribution in [3.05, 3.63) is 58.1 Å². The van der Waals surface area contributed by atoms with Crippen molar-refractivity contribution in [3.8, 4) is 11.5 Å². The molecule has 0 aromatic heterocycles. The highest BCUT2D eigenvalue weighted by molar-refractivity contribution is 9.10. The van der Waals surface area contributed by atoms with E-state index in [0.717, 1.165) is 47.5 Å². The van der Waals surface area contributed by atoms with Crippen molar-refractivity contribution in [2.24, 2.45) is 0 Å². The first kappa shape index (κ1) is 21.2. The maximum atomic E-state index is 13.4. The second kappa shape index (κ2) is 9.40. The maximum Gasteiger partial charge on any atom is 0.237 e. The molecule has 4 rings (SSSR count). The number of hydrogen-bond donors (Lipinski definition) is 0. The van der Waals surface area contributed by atoms with Crippen molar-refractivity contribution in [2.45, 2.75) is 44.3 Å². The third kappa shape index (κ3) is 4.81. The first-order chi connectivity index (χ1) is 14.6. The van der Waals surface area contributed by atoms with Gasteiger partial charge in [0.25, 0.3) is 0 Å². The Kier molecular flexibility index (Phi) is 6.64. The summed E-state index contributed by atoms with van der Waals surface area (Å²) in [6, 6.07) is 14.7. The van der Waals surface area contributed by atoms with Crippen LogP contribution in [0, 0.1) is 0 Å². The molecule has 1 heterocycles. The second-order valence-corrected chi connectivity index (χ2v) is 9.03. The summed E-state index contributed by atoms with van der Waals surface area (Å²) in [5.41, 5.74) is 2.27. The SMILES string of the molecule is COc1ccc(OC)c(C2CCCN2C(=O)CN(Cc2cccc(Br)c2)C2CC2)c1. The zero-order valence-electron chi connectivity index (χ0n) is 17.6. The molecule has 1 aliphatic heterocycles. The van der Waals surface area contributed by atoms with E-state index < -0.39 is 0 Å². The molecule has 1 aliphatic carbocycles. The molecule has 2 fully saturated rings. The highest BCUT2D eigenvalue weighted by Crippen LogP contribution is 2.39. The van der Waals surface area contributed by atoms with E-state index in [0.29, 0.717) is 12.6 Å². The van der Waals surface area contributed by atoms with Gasteiger partial charge in [-0.15, -0.1) is 0 Å². The summed E-state index contributed by atoms with van der Waals surface area (Å²) in [4.78, 5) is 17.8. The summed E-state index contributed by atoms with van der Waals surface area (Å²) in [5.74, 6) is 1.80. The lowest BCUT2D eigenvalue weighted by atomic mass is 10.0. The molecule has 1 atom stereocenters. The Morgan fingerprint density at radius 2 is 1.97 bits per heavy atom. The topological polar surface area (TPSA) is 42.0 Å². The van der Waals surface area contributed by atoms with Crippen LogP contribution in [0.15, 0.2) is 46.9 Å². The van der Waals surface area contributed by atoms with Crippen molar-refractivity contribution in [3.63, 3.8) is 0 Å². The molecule has 0 N–H and O–H groups in total. The summed E-state index contributed by atoms with van der Waals surface area (Å²) in [5, 5.41) is 0. The number of carbonyl (C=O) groups is 1. The number of likely N-dealkylation sites (tertiary alicyclic amines) is 1. The van der Waals surface area contributed by atoms with E-state index in [1.165, 1.54) is 18.4 Å². The van der Waals surface area contributed by atoms with Gasteiger partial charge in [-0.3, -0.25) is 9.69 Å². The average Bonchev–Trinajstić information content (AvgIpc) is 3.49. The van der Waals surface area contributed by atoms with E-state index in [1.54, 1.807) is 14.2 Å². The van der Waals surface area contributed by atoms with Crippen molar-refractivity contribution in [2.75, 3.05) is 27.3 Å². The number of rotatable bonds is 8. The number of amides is 1. The quantitative estimate of drug-likeness (QED) is 0.553. The number of ether oxygens (including phenoxy) is 2. The summed E-state index contributed by atoms with van der Waals surface area (Å²) >= 11 is 3.55. The summed E-state index contributed by atoms with van der Waals surface area (Å²) < 4.78 is 12.1. The van der Waals surface area contributed by atoms with Gasteiger partial charge in [0.2, 0.25) is 5.91 Å². The first-order valence-electron chi connectivity index (χ1n) is 10.6. The lowest BCUT2D eigenvalue weighted by Crippen LogP contribution is -2.40. The Morgan fingerprint density at radius 1 is 1.13 bits per heavy atom. The van der Waals surface area contributed by atoms with Crippen molar-refractivity contribution in [1.29, 1.82) is 0 Å². The molecule has 160 valence electrons. The maximum absolute atomic E-state index is 13.4. The van der Waals surface area contributed by atoms with Gasteiger partial charge < -0.3 is 14.4 Å². The first-order valence-corrected chi connectivity index (χ1v) is 11.4. The third-order valence-electron chi connectivity index (χ3n) is 6.05. The Hall–Kier alpha value is -2.05. The minimum atomic E-state index is 0.0365. The molecule has 1 saturated heterocycles. The molecular weight excluding hydrogens is 444 g/mol. The molecule has 2 aliphatic rings. The highest BCUT2D eigenvalue weighted by atomic mass is 79.9. The van der Waals surface area contributed by atoms with Crippen LogP contribution in [0.2, 0.25) is 0 Å². The molecule has 0 spiro atoms. The molecule has 0 bridgehead atoms. The van der Waals surface area contributed by atoms with Gasteiger partial charge >= 0.3 is 0 Å². The Balaban J connectivity index is 1.50. The largest absolute Gasteiger partial charge is 0.497 e. The van der Waals surface area contributed by atoms with Crippen molar-refractivity contribution < 1.29 is 14.3 Å². The Morgan fingerprint density at radius 3 is 2.67 bits per heavy atom. The molecule has 1 unspecified atom stereocenters. The second-order valence-electron chi connectivity index (χ2n) is 8.12. The van der Waals surface area contributed by atoms with Crippen LogP contribution in [0.25, 0.3) is 0 Å². The summed E-state index contributed by atoms with van der Waals surface area (Å²) in [7, 11) is 3.35. The van der Waals surface area contributed by atoms with Gasteiger partial charge in [-0.25, -0.2) is 0 Å². The lowest BCUT2D eigenvalue weighted by molar-refractivity contribution is -0.133. The van der Waals surface area contributed by atoms with Crippen molar-refractivity contribution >= 4 is 21.8 Å². The zero-order valence-corrected chi connectivity index (χ0v) is 19.2. The van der Waals surface area contributed by atoms with Gasteiger partial charge in [0.15, 0.2) is 0 Å². The number of methoxy groups -OCH3 is 2. The monoisotopic (exact) mass is 472 g/mol. The van der Waals surface area contributed by atoms with Crippen LogP contribution in [-0.4, -0.2) is 49.1 Å². The van der Waals surface area contributed by atoms with Gasteiger partial charge in [-0.2, -0.15) is 0 Å². The number of halogens is 1. The van der Waals surface area contributed by atoms with Crippen LogP contribution in [0.1, 0.15) is 42.9 Å². The zero-order chi connectivity index (χ0) is 21.1. The average molecular weight is 473 g/mol. The van der Waals surface area contributed by atoms with Crippen LogP contribution in [0.3, 0.4) is 0 Å². The molecule has 0 radical (unpaired) electrons. The predicted octanol–water partition coefficient (Wildman–Crippen LogP) is 4.79. The lowest BCUT2D eigenvalue weighted by Gasteiger charge is -2.30. The molecule has 30 heavy (non-hydrogen) atoms. The van der Waals surface area contributed by atoms with E-state index >= 15 is 0 Å². The van der Waals surface area contributed by atoms with E-state index in [9.17, 15) is 4.79 Å². The third-order valence-corrected chi connectivity index (χ3v) is 6.54. The standard InChI is InChI=1S/C24H29BrN2O3/c1-29-20-10-11-23(30-2)21(14-20)22-7-4-12-27(22)24(28)16-26(19-8-9-19)15-17-5-3-6-18(25)13-17/h3,5-6,10-11,13-14,19,22H,4,7-9,12,15-16H2,1-2H3. The van der Waals surface area contributed by atoms with Crippen LogP contribution >= 0.6 is 15.9 Å². The number of nitrogens with zero attached hydrogens (tertiary/aromatic N) is 2. The molecule has 2 aromatic rings. The molecular formula is C24H29BrN2O3. The molecule has 6 heteroatoms. The van der Waals surface area contributed by atoms with E-state index in [-0.39, 0.29) is 11.9 Å². The highest BCUT2D eigenvalue weighted by Gasteiger charge is 2.36. The van der Waals surface area contributed by atoms with Gasteiger partial charge in [0.05, 0.1) is 26.8 Å². The normalized spacial score (nSPS) is 18.7. The van der Waals surface area contributed by atoms with E-state index in [2.05, 4.69) is 39.0 Å². The fourth-order valence-electron chi connectivity index (χ4n) is 4.38. The minimum absolute atomic E-state index is 0.0365. The fraction of sp³-hybridized carbons (Fsp3) is 0.458. The van der Waals surface area contributed by atoms with Crippen LogP contribution in [-0.2, 0) is 11.3 Å². The van der Waals surface area contributed by atoms with Gasteiger partial charge in [-0.1, -0.05) is 28.1 Å². The molecule has 1 saturated carbocycles. The van der Waals surface area contributed by atoms with E-state index in [1.807, 2.05) is 29.2 Å². The van der Waals surface area contributed by atoms with E-state index in [4.69, 9.17) is 9.47 Å². The number of benzene rings is 2. The molecule has 1 amide bonds.